The van der Waals surface area contributed by atoms with Crippen molar-refractivity contribution in [3.8, 4) is 0 Å². The van der Waals surface area contributed by atoms with E-state index in [9.17, 15) is 4.79 Å². The number of hydrogen-bond donors (Lipinski definition) is 0. The number of piperidine rings is 1. The van der Waals surface area contributed by atoms with E-state index in [-0.39, 0.29) is 6.04 Å². The molecule has 0 bridgehead atoms. The number of carbonyl (C=O) groups is 1. The molecule has 2 fully saturated rings. The Morgan fingerprint density at radius 2 is 2.07 bits per heavy atom. The van der Waals surface area contributed by atoms with Crippen LogP contribution in [0, 0.1) is 0 Å². The van der Waals surface area contributed by atoms with Gasteiger partial charge in [0.1, 0.15) is 0 Å². The van der Waals surface area contributed by atoms with Crippen LogP contribution < -0.4 is 0 Å². The number of carbonyl (C=O) groups excluding carboxylic acids is 1. The van der Waals surface area contributed by atoms with E-state index in [4.69, 9.17) is 0 Å². The lowest BCUT2D eigenvalue weighted by atomic mass is 10.1. The molecule has 2 nitrogen and oxygen atoms in total. The van der Waals surface area contributed by atoms with Crippen molar-refractivity contribution in [2.45, 2.75) is 37.9 Å². The third kappa shape index (κ3) is 1.32. The number of Topliss-reactive ketones (excluding diaryl/α,β-unsaturated/α-hetero) is 1. The van der Waals surface area contributed by atoms with Gasteiger partial charge in [0.15, 0.2) is 5.78 Å². The molecule has 1 saturated carbocycles. The molecule has 2 aliphatic rings. The number of nitrogens with zero attached hydrogens (tertiary/aromatic N) is 1. The summed E-state index contributed by atoms with van der Waals surface area (Å²) in [6.45, 7) is 2.20. The molecular weight excluding hydrogens is 186 g/mol. The number of fused-ring (bicyclic) bond motifs is 1. The van der Waals surface area contributed by atoms with Crippen molar-refractivity contribution in [1.29, 1.82) is 0 Å². The highest BCUT2D eigenvalue weighted by Gasteiger charge is 2.57. The first kappa shape index (κ1) is 9.10. The van der Waals surface area contributed by atoms with Gasteiger partial charge in [-0.05, 0) is 18.9 Å². The fourth-order valence-electron chi connectivity index (χ4n) is 2.86. The number of likely N-dealkylation sites (tertiary alicyclic amines) is 1. The van der Waals surface area contributed by atoms with Gasteiger partial charge < -0.3 is 0 Å². The maximum absolute atomic E-state index is 11.5. The Hall–Kier alpha value is -1.15. The molecule has 1 aliphatic carbocycles. The van der Waals surface area contributed by atoms with E-state index in [2.05, 4.69) is 36.1 Å². The van der Waals surface area contributed by atoms with Crippen molar-refractivity contribution in [3.63, 3.8) is 0 Å². The van der Waals surface area contributed by atoms with Gasteiger partial charge in [-0.1, -0.05) is 30.3 Å². The minimum absolute atomic E-state index is 0.250. The molecule has 1 aromatic rings. The second-order valence-corrected chi connectivity index (χ2v) is 4.55. The zero-order chi connectivity index (χ0) is 10.4. The van der Waals surface area contributed by atoms with Gasteiger partial charge in [0.25, 0.3) is 0 Å². The molecule has 2 heteroatoms. The number of ketones is 1. The topological polar surface area (TPSA) is 20.1 Å². The molecule has 15 heavy (non-hydrogen) atoms. The van der Waals surface area contributed by atoms with E-state index in [1.165, 1.54) is 5.56 Å². The van der Waals surface area contributed by atoms with E-state index in [1.807, 2.05) is 6.07 Å². The van der Waals surface area contributed by atoms with E-state index < -0.39 is 0 Å². The molecule has 1 saturated heterocycles. The summed E-state index contributed by atoms with van der Waals surface area (Å²) in [7, 11) is 0. The van der Waals surface area contributed by atoms with Gasteiger partial charge in [0.05, 0.1) is 6.04 Å². The van der Waals surface area contributed by atoms with Crippen molar-refractivity contribution < 1.29 is 4.79 Å². The van der Waals surface area contributed by atoms with Crippen LogP contribution in [0.15, 0.2) is 30.3 Å². The van der Waals surface area contributed by atoms with Crippen LogP contribution in [-0.4, -0.2) is 22.8 Å². The predicted octanol–water partition coefficient (Wildman–Crippen LogP) is 2.16. The van der Waals surface area contributed by atoms with Crippen LogP contribution in [0.25, 0.3) is 0 Å². The number of rotatable bonds is 2. The molecule has 1 heterocycles. The van der Waals surface area contributed by atoms with Gasteiger partial charge in [-0.2, -0.15) is 0 Å². The fourth-order valence-corrected chi connectivity index (χ4v) is 2.86. The van der Waals surface area contributed by atoms with Crippen molar-refractivity contribution in [2.24, 2.45) is 0 Å². The van der Waals surface area contributed by atoms with Crippen LogP contribution in [0.4, 0.5) is 0 Å². The number of hydrogen-bond acceptors (Lipinski definition) is 2. The van der Waals surface area contributed by atoms with Crippen LogP contribution in [0.3, 0.4) is 0 Å². The average Bonchev–Trinajstić information content (AvgIpc) is 2.90. The summed E-state index contributed by atoms with van der Waals surface area (Å²) < 4.78 is 0. The molecule has 0 amide bonds. The summed E-state index contributed by atoms with van der Waals surface area (Å²) in [6, 6.07) is 11.6. The highest BCUT2D eigenvalue weighted by Crippen LogP contribution is 2.46. The Labute approximate surface area is 89.9 Å². The standard InChI is InChI=1S/C13H15NO/c1-9(10-5-3-2-4-6-10)14-11-7-8-12(15)13(11)14/h2-6,9,11,13H,7-8H2,1H3/t9-,11?,13?,14?/m1/s1. The van der Waals surface area contributed by atoms with Crippen LogP contribution in [0.2, 0.25) is 0 Å². The van der Waals surface area contributed by atoms with Gasteiger partial charge >= 0.3 is 0 Å². The van der Waals surface area contributed by atoms with Crippen LogP contribution in [0.5, 0.6) is 0 Å². The summed E-state index contributed by atoms with van der Waals surface area (Å²) >= 11 is 0. The molecule has 0 N–H and O–H groups in total. The van der Waals surface area contributed by atoms with Crippen LogP contribution in [-0.2, 0) is 4.79 Å². The Balaban J connectivity index is 1.78. The van der Waals surface area contributed by atoms with Crippen LogP contribution >= 0.6 is 0 Å². The minimum atomic E-state index is 0.250. The third-order valence-electron chi connectivity index (χ3n) is 3.72. The minimum Gasteiger partial charge on any atom is -0.298 e. The molecular formula is C13H15NO. The SMILES string of the molecule is C[C@H](c1ccccc1)N1C2CCC(=O)C21. The normalized spacial score (nSPS) is 35.0. The molecule has 0 radical (unpaired) electrons. The van der Waals surface area contributed by atoms with E-state index >= 15 is 0 Å². The highest BCUT2D eigenvalue weighted by atomic mass is 16.1. The molecule has 3 rings (SSSR count). The quantitative estimate of drug-likeness (QED) is 0.683. The first-order chi connectivity index (χ1) is 7.29. The Morgan fingerprint density at radius 3 is 2.67 bits per heavy atom. The number of benzene rings is 1. The highest BCUT2D eigenvalue weighted by molar-refractivity contribution is 5.90. The molecule has 0 aromatic heterocycles. The van der Waals surface area contributed by atoms with Crippen LogP contribution in [0.1, 0.15) is 31.4 Å². The second-order valence-electron chi connectivity index (χ2n) is 4.55. The summed E-state index contributed by atoms with van der Waals surface area (Å²) in [6.07, 6.45) is 1.87. The van der Waals surface area contributed by atoms with Gasteiger partial charge in [0.2, 0.25) is 0 Å². The second kappa shape index (κ2) is 3.17. The summed E-state index contributed by atoms with van der Waals surface area (Å²) in [5.41, 5.74) is 1.32. The molecule has 4 atom stereocenters. The molecule has 78 valence electrons. The average molecular weight is 201 g/mol. The van der Waals surface area contributed by atoms with E-state index in [0.717, 1.165) is 12.8 Å². The van der Waals surface area contributed by atoms with Gasteiger partial charge in [-0.15, -0.1) is 0 Å². The fraction of sp³-hybridized carbons (Fsp3) is 0.462. The smallest absolute Gasteiger partial charge is 0.151 e. The van der Waals surface area contributed by atoms with Gasteiger partial charge in [-0.3, -0.25) is 9.69 Å². The zero-order valence-corrected chi connectivity index (χ0v) is 8.89. The summed E-state index contributed by atoms with van der Waals surface area (Å²) in [4.78, 5) is 13.9. The van der Waals surface area contributed by atoms with E-state index in [0.29, 0.717) is 17.9 Å². The molecule has 1 aromatic carbocycles. The molecule has 1 aliphatic heterocycles. The molecule has 0 spiro atoms. The Morgan fingerprint density at radius 1 is 1.33 bits per heavy atom. The predicted molar refractivity (Wildman–Crippen MR) is 58.5 cm³/mol. The van der Waals surface area contributed by atoms with Crippen molar-refractivity contribution in [1.82, 2.24) is 4.90 Å². The lowest BCUT2D eigenvalue weighted by molar-refractivity contribution is -0.118. The first-order valence-electron chi connectivity index (χ1n) is 5.64. The summed E-state index contributed by atoms with van der Waals surface area (Å²) in [5.74, 6) is 0.447. The summed E-state index contributed by atoms with van der Waals surface area (Å²) in [5, 5.41) is 0. The molecule has 3 unspecified atom stereocenters. The lowest BCUT2D eigenvalue weighted by Gasteiger charge is -2.16. The van der Waals surface area contributed by atoms with Crippen molar-refractivity contribution in [2.75, 3.05) is 0 Å². The van der Waals surface area contributed by atoms with Crippen molar-refractivity contribution in [3.05, 3.63) is 35.9 Å². The van der Waals surface area contributed by atoms with Gasteiger partial charge in [0, 0.05) is 18.5 Å². The maximum Gasteiger partial charge on any atom is 0.151 e. The Kier molecular flexibility index (Phi) is 1.93. The lowest BCUT2D eigenvalue weighted by Crippen LogP contribution is -2.16. The maximum atomic E-state index is 11.5. The third-order valence-corrected chi connectivity index (χ3v) is 3.72. The van der Waals surface area contributed by atoms with Crippen molar-refractivity contribution >= 4 is 5.78 Å². The first-order valence-corrected chi connectivity index (χ1v) is 5.64. The monoisotopic (exact) mass is 201 g/mol. The zero-order valence-electron chi connectivity index (χ0n) is 8.89. The van der Waals surface area contributed by atoms with Gasteiger partial charge in [-0.25, -0.2) is 0 Å². The van der Waals surface area contributed by atoms with E-state index in [1.54, 1.807) is 0 Å². The Bertz CT molecular complexity index is 387. The largest absolute Gasteiger partial charge is 0.298 e.